The lowest BCUT2D eigenvalue weighted by atomic mass is 9.94. The number of fused-ring (bicyclic) bond motifs is 2. The molecule has 3 aromatic rings. The molecule has 1 aliphatic rings. The summed E-state index contributed by atoms with van der Waals surface area (Å²) >= 11 is 0. The van der Waals surface area contributed by atoms with Gasteiger partial charge in [-0.15, -0.1) is 0 Å². The average Bonchev–Trinajstić information content (AvgIpc) is 3.05. The van der Waals surface area contributed by atoms with Crippen molar-refractivity contribution in [3.63, 3.8) is 0 Å². The lowest BCUT2D eigenvalue weighted by Crippen LogP contribution is -2.46. The first-order valence-corrected chi connectivity index (χ1v) is 9.02. The maximum Gasteiger partial charge on any atom is 0.242 e. The number of carbonyl (C=O) groups is 1. The van der Waals surface area contributed by atoms with Crippen molar-refractivity contribution in [2.75, 3.05) is 20.6 Å². The van der Waals surface area contributed by atoms with Gasteiger partial charge >= 0.3 is 0 Å². The van der Waals surface area contributed by atoms with Crippen LogP contribution in [0, 0.1) is 0 Å². The molecule has 2 heterocycles. The maximum atomic E-state index is 12.7. The van der Waals surface area contributed by atoms with E-state index in [1.165, 1.54) is 11.1 Å². The molecule has 5 heteroatoms. The molecule has 0 fully saturated rings. The summed E-state index contributed by atoms with van der Waals surface area (Å²) in [5, 5.41) is 0. The van der Waals surface area contributed by atoms with Crippen molar-refractivity contribution in [1.29, 1.82) is 0 Å². The largest absolute Gasteiger partial charge is 0.343 e. The van der Waals surface area contributed by atoms with E-state index in [0.717, 1.165) is 30.5 Å². The van der Waals surface area contributed by atoms with Crippen LogP contribution in [0.2, 0.25) is 0 Å². The molecule has 1 atom stereocenters. The number of likely N-dealkylation sites (N-methyl/N-ethyl adjacent to an activating group) is 2. The smallest absolute Gasteiger partial charge is 0.242 e. The summed E-state index contributed by atoms with van der Waals surface area (Å²) in [6.45, 7) is 2.00. The Hall–Kier alpha value is -2.66. The highest BCUT2D eigenvalue weighted by molar-refractivity contribution is 5.80. The van der Waals surface area contributed by atoms with Crippen LogP contribution in [0.3, 0.4) is 0 Å². The zero-order chi connectivity index (χ0) is 18.1. The SMILES string of the molecule is CN(C[C@H]1Cc2ccccc2CN1C)C(=O)Cn1cnc2ccccc21. The van der Waals surface area contributed by atoms with Gasteiger partial charge < -0.3 is 9.47 Å². The number of amides is 1. The van der Waals surface area contributed by atoms with Gasteiger partial charge in [0.25, 0.3) is 0 Å². The molecule has 0 saturated heterocycles. The van der Waals surface area contributed by atoms with Gasteiger partial charge in [-0.25, -0.2) is 4.98 Å². The molecule has 0 radical (unpaired) electrons. The van der Waals surface area contributed by atoms with Crippen molar-refractivity contribution in [3.8, 4) is 0 Å². The van der Waals surface area contributed by atoms with Crippen LogP contribution in [0.5, 0.6) is 0 Å². The highest BCUT2D eigenvalue weighted by atomic mass is 16.2. The normalized spacial score (nSPS) is 17.2. The molecular weight excluding hydrogens is 324 g/mol. The van der Waals surface area contributed by atoms with Gasteiger partial charge in [0.1, 0.15) is 6.54 Å². The van der Waals surface area contributed by atoms with E-state index in [0.29, 0.717) is 12.6 Å². The van der Waals surface area contributed by atoms with Crippen molar-refractivity contribution >= 4 is 16.9 Å². The van der Waals surface area contributed by atoms with E-state index in [-0.39, 0.29) is 5.91 Å². The summed E-state index contributed by atoms with van der Waals surface area (Å²) in [7, 11) is 4.04. The van der Waals surface area contributed by atoms with Crippen LogP contribution in [-0.2, 0) is 24.3 Å². The van der Waals surface area contributed by atoms with E-state index < -0.39 is 0 Å². The van der Waals surface area contributed by atoms with Crippen LogP contribution in [0.25, 0.3) is 11.0 Å². The molecule has 1 aliphatic heterocycles. The maximum absolute atomic E-state index is 12.7. The molecular formula is C21H24N4O. The minimum atomic E-state index is 0.111. The molecule has 1 amide bonds. The number of hydrogen-bond donors (Lipinski definition) is 0. The summed E-state index contributed by atoms with van der Waals surface area (Å²) in [5.74, 6) is 0.111. The number of carbonyl (C=O) groups excluding carboxylic acids is 1. The second kappa shape index (κ2) is 6.92. The molecule has 0 spiro atoms. The molecule has 0 bridgehead atoms. The second-order valence-corrected chi connectivity index (χ2v) is 7.18. The van der Waals surface area contributed by atoms with Crippen molar-refractivity contribution < 1.29 is 4.79 Å². The lowest BCUT2D eigenvalue weighted by molar-refractivity contribution is -0.131. The van der Waals surface area contributed by atoms with Gasteiger partial charge in [0.05, 0.1) is 17.4 Å². The fraction of sp³-hybridized carbons (Fsp3) is 0.333. The zero-order valence-corrected chi connectivity index (χ0v) is 15.3. The summed E-state index contributed by atoms with van der Waals surface area (Å²) in [5.41, 5.74) is 4.71. The number of hydrogen-bond acceptors (Lipinski definition) is 3. The Labute approximate surface area is 153 Å². The molecule has 0 aliphatic carbocycles. The summed E-state index contributed by atoms with van der Waals surface area (Å²) in [6.07, 6.45) is 2.73. The first-order valence-electron chi connectivity index (χ1n) is 9.02. The summed E-state index contributed by atoms with van der Waals surface area (Å²) in [4.78, 5) is 21.3. The molecule has 5 nitrogen and oxygen atoms in total. The standard InChI is InChI=1S/C21H24N4O/c1-23-12-17-8-4-3-7-16(17)11-18(23)13-24(2)21(26)14-25-15-22-19-9-5-6-10-20(19)25/h3-10,15,18H,11-14H2,1-2H3/t18-/m1/s1. The van der Waals surface area contributed by atoms with E-state index in [1.54, 1.807) is 6.33 Å². The number of rotatable bonds is 4. The zero-order valence-electron chi connectivity index (χ0n) is 15.3. The predicted molar refractivity (Wildman–Crippen MR) is 103 cm³/mol. The Morgan fingerprint density at radius 2 is 1.88 bits per heavy atom. The molecule has 4 rings (SSSR count). The highest BCUT2D eigenvalue weighted by Crippen LogP contribution is 2.22. The van der Waals surface area contributed by atoms with Crippen molar-refractivity contribution in [2.45, 2.75) is 25.6 Å². The van der Waals surface area contributed by atoms with E-state index in [4.69, 9.17) is 0 Å². The molecule has 134 valence electrons. The fourth-order valence-electron chi connectivity index (χ4n) is 3.74. The van der Waals surface area contributed by atoms with Gasteiger partial charge in [-0.05, 0) is 36.7 Å². The van der Waals surface area contributed by atoms with E-state index in [1.807, 2.05) is 40.8 Å². The molecule has 1 aromatic heterocycles. The minimum Gasteiger partial charge on any atom is -0.343 e. The monoisotopic (exact) mass is 348 g/mol. The van der Waals surface area contributed by atoms with Crippen LogP contribution < -0.4 is 0 Å². The van der Waals surface area contributed by atoms with Crippen LogP contribution in [0.15, 0.2) is 54.9 Å². The Bertz CT molecular complexity index is 932. The van der Waals surface area contributed by atoms with Gasteiger partial charge in [0, 0.05) is 26.2 Å². The number of nitrogens with zero attached hydrogens (tertiary/aromatic N) is 4. The third kappa shape index (κ3) is 3.22. The molecule has 26 heavy (non-hydrogen) atoms. The number of imidazole rings is 1. The van der Waals surface area contributed by atoms with Gasteiger partial charge in [-0.3, -0.25) is 9.69 Å². The number of para-hydroxylation sites is 2. The lowest BCUT2D eigenvalue weighted by Gasteiger charge is -2.36. The first-order chi connectivity index (χ1) is 12.6. The Balaban J connectivity index is 1.43. The quantitative estimate of drug-likeness (QED) is 0.728. The van der Waals surface area contributed by atoms with Crippen molar-refractivity contribution in [3.05, 3.63) is 66.0 Å². The van der Waals surface area contributed by atoms with Gasteiger partial charge in [-0.1, -0.05) is 36.4 Å². The molecule has 2 aromatic carbocycles. The predicted octanol–water partition coefficient (Wildman–Crippen LogP) is 2.55. The molecule has 0 N–H and O–H groups in total. The van der Waals surface area contributed by atoms with Crippen LogP contribution in [0.4, 0.5) is 0 Å². The van der Waals surface area contributed by atoms with Crippen LogP contribution in [-0.4, -0.2) is 51.9 Å². The number of benzene rings is 2. The third-order valence-corrected chi connectivity index (χ3v) is 5.36. The van der Waals surface area contributed by atoms with Gasteiger partial charge in [0.2, 0.25) is 5.91 Å². The Morgan fingerprint density at radius 3 is 2.73 bits per heavy atom. The Kier molecular flexibility index (Phi) is 4.47. The molecule has 0 saturated carbocycles. The van der Waals surface area contributed by atoms with Crippen LogP contribution >= 0.6 is 0 Å². The molecule has 0 unspecified atom stereocenters. The van der Waals surface area contributed by atoms with E-state index in [9.17, 15) is 4.79 Å². The van der Waals surface area contributed by atoms with E-state index in [2.05, 4.69) is 41.2 Å². The number of aromatic nitrogens is 2. The second-order valence-electron chi connectivity index (χ2n) is 7.18. The van der Waals surface area contributed by atoms with E-state index >= 15 is 0 Å². The van der Waals surface area contributed by atoms with Gasteiger partial charge in [-0.2, -0.15) is 0 Å². The summed E-state index contributed by atoms with van der Waals surface area (Å²) < 4.78 is 1.92. The Morgan fingerprint density at radius 1 is 1.15 bits per heavy atom. The summed E-state index contributed by atoms with van der Waals surface area (Å²) in [6, 6.07) is 16.8. The minimum absolute atomic E-state index is 0.111. The fourth-order valence-corrected chi connectivity index (χ4v) is 3.74. The topological polar surface area (TPSA) is 41.4 Å². The average molecular weight is 348 g/mol. The van der Waals surface area contributed by atoms with Crippen molar-refractivity contribution in [1.82, 2.24) is 19.4 Å². The van der Waals surface area contributed by atoms with Gasteiger partial charge in [0.15, 0.2) is 0 Å². The van der Waals surface area contributed by atoms with Crippen LogP contribution in [0.1, 0.15) is 11.1 Å². The third-order valence-electron chi connectivity index (χ3n) is 5.36. The highest BCUT2D eigenvalue weighted by Gasteiger charge is 2.25. The van der Waals surface area contributed by atoms with Crippen molar-refractivity contribution in [2.24, 2.45) is 0 Å². The first kappa shape index (κ1) is 16.8.